The lowest BCUT2D eigenvalue weighted by molar-refractivity contribution is -0.137. The number of rotatable bonds is 4. The van der Waals surface area contributed by atoms with Crippen molar-refractivity contribution in [2.45, 2.75) is 13.0 Å². The molecule has 0 atom stereocenters. The van der Waals surface area contributed by atoms with E-state index < -0.39 is 5.91 Å². The van der Waals surface area contributed by atoms with E-state index in [2.05, 4.69) is 15.9 Å². The third-order valence-electron chi connectivity index (χ3n) is 4.19. The van der Waals surface area contributed by atoms with E-state index >= 15 is 0 Å². The van der Waals surface area contributed by atoms with Gasteiger partial charge in [-0.15, -0.1) is 0 Å². The Kier molecular flexibility index (Phi) is 4.99. The van der Waals surface area contributed by atoms with Crippen molar-refractivity contribution in [3.8, 4) is 0 Å². The van der Waals surface area contributed by atoms with Gasteiger partial charge < -0.3 is 4.90 Å². The molecule has 0 N–H and O–H groups in total. The average molecular weight is 401 g/mol. The highest BCUT2D eigenvalue weighted by molar-refractivity contribution is 9.10. The van der Waals surface area contributed by atoms with Gasteiger partial charge in [-0.1, -0.05) is 46.3 Å². The first-order valence-electron chi connectivity index (χ1n) is 7.86. The zero-order valence-corrected chi connectivity index (χ0v) is 15.3. The molecule has 1 aliphatic rings. The number of imide groups is 1. The number of carbonyl (C=O) groups is 3. The van der Waals surface area contributed by atoms with Crippen molar-refractivity contribution in [1.82, 2.24) is 9.80 Å². The average Bonchev–Trinajstić information content (AvgIpc) is 2.60. The van der Waals surface area contributed by atoms with Gasteiger partial charge in [0.1, 0.15) is 6.54 Å². The minimum atomic E-state index is -0.405. The Morgan fingerprint density at radius 1 is 1.12 bits per heavy atom. The molecule has 1 heterocycles. The smallest absolute Gasteiger partial charge is 0.261 e. The van der Waals surface area contributed by atoms with Crippen molar-refractivity contribution in [2.75, 3.05) is 13.6 Å². The van der Waals surface area contributed by atoms with Gasteiger partial charge >= 0.3 is 0 Å². The number of nitrogens with zero attached hydrogens (tertiary/aromatic N) is 2. The van der Waals surface area contributed by atoms with Crippen LogP contribution in [0.2, 0.25) is 0 Å². The lowest BCUT2D eigenvalue weighted by atomic mass is 9.98. The fraction of sp³-hybridized carbons (Fsp3) is 0.211. The summed E-state index contributed by atoms with van der Waals surface area (Å²) in [6, 6.07) is 14.7. The number of carbonyl (C=O) groups excluding carboxylic acids is 3. The number of hydrogen-bond acceptors (Lipinski definition) is 3. The minimum Gasteiger partial charge on any atom is -0.340 e. The van der Waals surface area contributed by atoms with E-state index in [0.29, 0.717) is 17.7 Å². The molecule has 0 spiro atoms. The summed E-state index contributed by atoms with van der Waals surface area (Å²) in [6.45, 7) is 0.179. The second kappa shape index (κ2) is 7.19. The lowest BCUT2D eigenvalue weighted by Crippen LogP contribution is -2.47. The van der Waals surface area contributed by atoms with Crippen molar-refractivity contribution in [3.05, 3.63) is 69.7 Å². The van der Waals surface area contributed by atoms with Gasteiger partial charge in [0.2, 0.25) is 11.8 Å². The highest BCUT2D eigenvalue weighted by Crippen LogP contribution is 2.19. The first-order chi connectivity index (χ1) is 12.0. The zero-order valence-electron chi connectivity index (χ0n) is 13.7. The van der Waals surface area contributed by atoms with Gasteiger partial charge in [-0.25, -0.2) is 0 Å². The maximum atomic E-state index is 12.5. The molecule has 6 heteroatoms. The van der Waals surface area contributed by atoms with Gasteiger partial charge in [-0.05, 0) is 29.3 Å². The molecule has 128 valence electrons. The number of halogens is 1. The molecular weight excluding hydrogens is 384 g/mol. The molecule has 0 aliphatic carbocycles. The van der Waals surface area contributed by atoms with Gasteiger partial charge in [-0.3, -0.25) is 19.3 Å². The second-order valence-electron chi connectivity index (χ2n) is 6.00. The van der Waals surface area contributed by atoms with Crippen LogP contribution in [0.3, 0.4) is 0 Å². The van der Waals surface area contributed by atoms with Crippen LogP contribution in [0, 0.1) is 0 Å². The molecule has 2 aromatic carbocycles. The highest BCUT2D eigenvalue weighted by atomic mass is 79.9. The van der Waals surface area contributed by atoms with Crippen molar-refractivity contribution in [1.29, 1.82) is 0 Å². The van der Waals surface area contributed by atoms with E-state index in [0.717, 1.165) is 14.9 Å². The van der Waals surface area contributed by atoms with Crippen LogP contribution in [0.1, 0.15) is 21.5 Å². The van der Waals surface area contributed by atoms with E-state index in [9.17, 15) is 14.4 Å². The highest BCUT2D eigenvalue weighted by Gasteiger charge is 2.32. The topological polar surface area (TPSA) is 57.7 Å². The number of likely N-dealkylation sites (N-methyl/N-ethyl adjacent to an activating group) is 1. The van der Waals surface area contributed by atoms with Crippen LogP contribution >= 0.6 is 15.9 Å². The van der Waals surface area contributed by atoms with Gasteiger partial charge in [0.15, 0.2) is 0 Å². The summed E-state index contributed by atoms with van der Waals surface area (Å²) in [5.74, 6) is -1.02. The molecule has 0 unspecified atom stereocenters. The quantitative estimate of drug-likeness (QED) is 0.741. The Bertz CT molecular complexity index is 833. The lowest BCUT2D eigenvalue weighted by Gasteiger charge is -2.28. The molecule has 3 rings (SSSR count). The fourth-order valence-corrected chi connectivity index (χ4v) is 3.03. The number of benzene rings is 2. The number of amides is 3. The molecule has 2 aromatic rings. The Hall–Kier alpha value is -2.47. The molecule has 0 fully saturated rings. The Balaban J connectivity index is 1.69. The van der Waals surface area contributed by atoms with Gasteiger partial charge in [-0.2, -0.15) is 0 Å². The first-order valence-corrected chi connectivity index (χ1v) is 8.66. The molecule has 1 aliphatic heterocycles. The third kappa shape index (κ3) is 3.79. The SMILES string of the molecule is CN(Cc1ccc(Br)cc1)C(=O)CN1C(=O)Cc2ccccc2C1=O. The summed E-state index contributed by atoms with van der Waals surface area (Å²) in [7, 11) is 1.66. The molecule has 3 amide bonds. The molecular formula is C19H17BrN2O3. The van der Waals surface area contributed by atoms with E-state index in [4.69, 9.17) is 0 Å². The van der Waals surface area contributed by atoms with E-state index in [1.54, 1.807) is 31.3 Å². The molecule has 0 bridgehead atoms. The summed E-state index contributed by atoms with van der Waals surface area (Å²) in [6.07, 6.45) is 0.144. The monoisotopic (exact) mass is 400 g/mol. The molecule has 5 nitrogen and oxygen atoms in total. The summed E-state index contributed by atoms with van der Waals surface area (Å²) < 4.78 is 0.966. The van der Waals surface area contributed by atoms with Crippen molar-refractivity contribution in [2.24, 2.45) is 0 Å². The summed E-state index contributed by atoms with van der Waals surface area (Å²) in [4.78, 5) is 39.8. The number of hydrogen-bond donors (Lipinski definition) is 0. The van der Waals surface area contributed by atoms with Crippen LogP contribution in [0.4, 0.5) is 0 Å². The standard InChI is InChI=1S/C19H17BrN2O3/c1-21(11-13-6-8-15(20)9-7-13)18(24)12-22-17(23)10-14-4-2-3-5-16(14)19(22)25/h2-9H,10-12H2,1H3. The normalized spacial score (nSPS) is 13.6. The fourth-order valence-electron chi connectivity index (χ4n) is 2.77. The van der Waals surface area contributed by atoms with Crippen LogP contribution in [0.15, 0.2) is 53.0 Å². The molecule has 0 radical (unpaired) electrons. The van der Waals surface area contributed by atoms with Crippen LogP contribution < -0.4 is 0 Å². The maximum absolute atomic E-state index is 12.5. The largest absolute Gasteiger partial charge is 0.340 e. The van der Waals surface area contributed by atoms with Gasteiger partial charge in [0.05, 0.1) is 6.42 Å². The summed E-state index contributed by atoms with van der Waals surface area (Å²) in [5, 5.41) is 0. The zero-order chi connectivity index (χ0) is 18.0. The predicted octanol–water partition coefficient (Wildman–Crippen LogP) is 2.63. The first kappa shape index (κ1) is 17.4. The van der Waals surface area contributed by atoms with Crippen LogP contribution in [0.25, 0.3) is 0 Å². The van der Waals surface area contributed by atoms with Crippen molar-refractivity contribution in [3.63, 3.8) is 0 Å². The van der Waals surface area contributed by atoms with Gasteiger partial charge in [0.25, 0.3) is 5.91 Å². The Morgan fingerprint density at radius 2 is 1.80 bits per heavy atom. The van der Waals surface area contributed by atoms with Crippen LogP contribution in [-0.2, 0) is 22.6 Å². The summed E-state index contributed by atoms with van der Waals surface area (Å²) >= 11 is 3.37. The van der Waals surface area contributed by atoms with E-state index in [-0.39, 0.29) is 24.8 Å². The predicted molar refractivity (Wildman–Crippen MR) is 96.8 cm³/mol. The Morgan fingerprint density at radius 3 is 2.52 bits per heavy atom. The third-order valence-corrected chi connectivity index (χ3v) is 4.72. The number of fused-ring (bicyclic) bond motifs is 1. The van der Waals surface area contributed by atoms with Crippen LogP contribution in [0.5, 0.6) is 0 Å². The Labute approximate surface area is 154 Å². The molecule has 0 saturated carbocycles. The van der Waals surface area contributed by atoms with E-state index in [1.165, 1.54) is 4.90 Å². The molecule has 25 heavy (non-hydrogen) atoms. The second-order valence-corrected chi connectivity index (χ2v) is 6.91. The minimum absolute atomic E-state index is 0.144. The van der Waals surface area contributed by atoms with Gasteiger partial charge in [0, 0.05) is 23.6 Å². The van der Waals surface area contributed by atoms with Crippen molar-refractivity contribution < 1.29 is 14.4 Å². The van der Waals surface area contributed by atoms with Crippen LogP contribution in [-0.4, -0.2) is 41.1 Å². The molecule has 0 aromatic heterocycles. The van der Waals surface area contributed by atoms with E-state index in [1.807, 2.05) is 24.3 Å². The maximum Gasteiger partial charge on any atom is 0.261 e. The summed E-state index contributed by atoms with van der Waals surface area (Å²) in [5.41, 5.74) is 2.18. The molecule has 0 saturated heterocycles. The van der Waals surface area contributed by atoms with Crippen molar-refractivity contribution >= 4 is 33.7 Å².